The minimum absolute atomic E-state index is 0.0614. The number of anilines is 1. The fraction of sp³-hybridized carbons (Fsp3) is 0.462. The van der Waals surface area contributed by atoms with Gasteiger partial charge in [-0.05, 0) is 18.6 Å². The van der Waals surface area contributed by atoms with E-state index >= 15 is 0 Å². The number of nitro groups is 1. The molecule has 9 heteroatoms. The van der Waals surface area contributed by atoms with E-state index in [4.69, 9.17) is 34.8 Å². The molecule has 0 spiro atoms. The molecule has 0 bridgehead atoms. The van der Waals surface area contributed by atoms with Gasteiger partial charge in [0.25, 0.3) is 15.4 Å². The number of nitro benzene ring substituents is 1. The second-order valence-electron chi connectivity index (χ2n) is 5.00. The summed E-state index contributed by atoms with van der Waals surface area (Å²) < 4.78 is -1.94. The van der Waals surface area contributed by atoms with Crippen LogP contribution in [0.4, 0.5) is 11.4 Å². The van der Waals surface area contributed by atoms with Crippen molar-refractivity contribution in [3.05, 3.63) is 33.9 Å². The van der Waals surface area contributed by atoms with Gasteiger partial charge in [-0.3, -0.25) is 14.9 Å². The van der Waals surface area contributed by atoms with Crippen LogP contribution >= 0.6 is 34.8 Å². The smallest absolute Gasteiger partial charge is 0.274 e. The SMILES string of the molecule is Cc1cc([N+](=O)[O-])ccc1N1CCN(C(=O)C(Cl)(Cl)Cl)CC1. The molecule has 0 radical (unpaired) electrons. The summed E-state index contributed by atoms with van der Waals surface area (Å²) in [6, 6.07) is 4.73. The Morgan fingerprint density at radius 2 is 1.82 bits per heavy atom. The molecule has 0 atom stereocenters. The molecular formula is C13H14Cl3N3O3. The lowest BCUT2D eigenvalue weighted by atomic mass is 10.1. The van der Waals surface area contributed by atoms with E-state index in [0.717, 1.165) is 11.3 Å². The van der Waals surface area contributed by atoms with Gasteiger partial charge in [-0.2, -0.15) is 0 Å². The summed E-state index contributed by atoms with van der Waals surface area (Å²) in [5.41, 5.74) is 1.79. The predicted octanol–water partition coefficient (Wildman–Crippen LogP) is 2.92. The monoisotopic (exact) mass is 365 g/mol. The lowest BCUT2D eigenvalue weighted by Crippen LogP contribution is -2.51. The number of benzene rings is 1. The van der Waals surface area contributed by atoms with Crippen LogP contribution in [-0.4, -0.2) is 45.7 Å². The van der Waals surface area contributed by atoms with E-state index < -0.39 is 14.6 Å². The van der Waals surface area contributed by atoms with Crippen molar-refractivity contribution in [3.8, 4) is 0 Å². The number of carbonyl (C=O) groups is 1. The summed E-state index contributed by atoms with van der Waals surface area (Å²) in [5.74, 6) is -0.530. The Kier molecular flexibility index (Phi) is 5.04. The summed E-state index contributed by atoms with van der Waals surface area (Å²) in [6.07, 6.45) is 0. The van der Waals surface area contributed by atoms with Gasteiger partial charge in [0.05, 0.1) is 4.92 Å². The van der Waals surface area contributed by atoms with Crippen LogP contribution in [0.2, 0.25) is 0 Å². The van der Waals surface area contributed by atoms with Crippen LogP contribution < -0.4 is 4.90 Å². The second kappa shape index (κ2) is 6.48. The molecule has 1 aromatic carbocycles. The van der Waals surface area contributed by atoms with Crippen LogP contribution in [0.1, 0.15) is 5.56 Å². The highest BCUT2D eigenvalue weighted by Crippen LogP contribution is 2.30. The molecule has 1 aliphatic heterocycles. The number of non-ortho nitro benzene ring substituents is 1. The standard InChI is InChI=1S/C13H14Cl3N3O3/c1-9-8-10(19(21)22)2-3-11(9)17-4-6-18(7-5-17)12(20)13(14,15)16/h2-3,8H,4-7H2,1H3. The first-order valence-corrected chi connectivity index (χ1v) is 7.69. The lowest BCUT2D eigenvalue weighted by molar-refractivity contribution is -0.384. The van der Waals surface area contributed by atoms with Gasteiger partial charge in [0, 0.05) is 44.0 Å². The van der Waals surface area contributed by atoms with Crippen molar-refractivity contribution < 1.29 is 9.72 Å². The molecule has 0 aliphatic carbocycles. The van der Waals surface area contributed by atoms with E-state index in [9.17, 15) is 14.9 Å². The summed E-state index contributed by atoms with van der Waals surface area (Å²) in [7, 11) is 0. The highest BCUT2D eigenvalue weighted by atomic mass is 35.6. The Bertz CT molecular complexity index is 596. The first kappa shape index (κ1) is 17.1. The summed E-state index contributed by atoms with van der Waals surface area (Å²) in [4.78, 5) is 25.8. The van der Waals surface area contributed by atoms with Gasteiger partial charge in [0.1, 0.15) is 0 Å². The van der Waals surface area contributed by atoms with E-state index in [-0.39, 0.29) is 5.69 Å². The number of carbonyl (C=O) groups excluding carboxylic acids is 1. The molecule has 0 saturated carbocycles. The number of halogens is 3. The van der Waals surface area contributed by atoms with Crippen molar-refractivity contribution in [1.29, 1.82) is 0 Å². The molecule has 1 amide bonds. The number of alkyl halides is 3. The third-order valence-corrected chi connectivity index (χ3v) is 4.03. The predicted molar refractivity (Wildman–Crippen MR) is 86.9 cm³/mol. The third-order valence-electron chi connectivity index (χ3n) is 3.54. The first-order chi connectivity index (χ1) is 10.2. The van der Waals surface area contributed by atoms with Gasteiger partial charge in [0.2, 0.25) is 0 Å². The number of piperazine rings is 1. The zero-order valence-corrected chi connectivity index (χ0v) is 14.0. The third kappa shape index (κ3) is 3.74. The molecule has 0 aromatic heterocycles. The lowest BCUT2D eigenvalue weighted by Gasteiger charge is -2.37. The average molecular weight is 367 g/mol. The second-order valence-corrected chi connectivity index (χ2v) is 7.29. The molecule has 2 rings (SSSR count). The van der Waals surface area contributed by atoms with Crippen molar-refractivity contribution in [2.24, 2.45) is 0 Å². The molecule has 0 N–H and O–H groups in total. The van der Waals surface area contributed by atoms with Gasteiger partial charge in [-0.25, -0.2) is 0 Å². The number of hydrogen-bond donors (Lipinski definition) is 0. The molecule has 1 saturated heterocycles. The van der Waals surface area contributed by atoms with Crippen LogP contribution in [0.15, 0.2) is 18.2 Å². The molecule has 0 unspecified atom stereocenters. The molecule has 1 aromatic rings. The van der Waals surface area contributed by atoms with E-state index in [1.807, 2.05) is 6.92 Å². The minimum atomic E-state index is -1.94. The number of amides is 1. The summed E-state index contributed by atoms with van der Waals surface area (Å²) in [6.45, 7) is 3.84. The van der Waals surface area contributed by atoms with Crippen molar-refractivity contribution in [2.45, 2.75) is 10.7 Å². The van der Waals surface area contributed by atoms with Crippen LogP contribution in [0.25, 0.3) is 0 Å². The van der Waals surface area contributed by atoms with Crippen molar-refractivity contribution >= 4 is 52.1 Å². The van der Waals surface area contributed by atoms with Crippen molar-refractivity contribution in [1.82, 2.24) is 4.90 Å². The van der Waals surface area contributed by atoms with Gasteiger partial charge < -0.3 is 9.80 Å². The largest absolute Gasteiger partial charge is 0.368 e. The van der Waals surface area contributed by atoms with E-state index in [1.54, 1.807) is 6.07 Å². The summed E-state index contributed by atoms with van der Waals surface area (Å²) >= 11 is 16.8. The number of rotatable bonds is 2. The Morgan fingerprint density at radius 3 is 2.27 bits per heavy atom. The molecule has 6 nitrogen and oxygen atoms in total. The van der Waals surface area contributed by atoms with E-state index in [1.165, 1.54) is 17.0 Å². The van der Waals surface area contributed by atoms with Crippen molar-refractivity contribution in [3.63, 3.8) is 0 Å². The normalized spacial score (nSPS) is 15.8. The van der Waals surface area contributed by atoms with Crippen LogP contribution in [0.3, 0.4) is 0 Å². The fourth-order valence-electron chi connectivity index (χ4n) is 2.44. The summed E-state index contributed by atoms with van der Waals surface area (Å²) in [5, 5.41) is 10.8. The highest BCUT2D eigenvalue weighted by molar-refractivity contribution is 6.76. The Balaban J connectivity index is 2.06. The molecule has 120 valence electrons. The molecule has 1 heterocycles. The van der Waals surface area contributed by atoms with Gasteiger partial charge in [-0.1, -0.05) is 34.8 Å². The van der Waals surface area contributed by atoms with E-state index in [2.05, 4.69) is 4.90 Å². The maximum Gasteiger partial charge on any atom is 0.274 e. The molecule has 1 aliphatic rings. The van der Waals surface area contributed by atoms with Gasteiger partial charge in [0.15, 0.2) is 0 Å². The Hall–Kier alpha value is -1.24. The number of nitrogens with zero attached hydrogens (tertiary/aromatic N) is 3. The molecular weight excluding hydrogens is 353 g/mol. The topological polar surface area (TPSA) is 66.7 Å². The number of aryl methyl sites for hydroxylation is 1. The van der Waals surface area contributed by atoms with Gasteiger partial charge >= 0.3 is 0 Å². The minimum Gasteiger partial charge on any atom is -0.368 e. The quantitative estimate of drug-likeness (QED) is 0.458. The maximum atomic E-state index is 11.9. The van der Waals surface area contributed by atoms with Gasteiger partial charge in [-0.15, -0.1) is 0 Å². The number of hydrogen-bond acceptors (Lipinski definition) is 4. The Labute approximate surface area is 142 Å². The average Bonchev–Trinajstić information content (AvgIpc) is 2.45. The maximum absolute atomic E-state index is 11.9. The van der Waals surface area contributed by atoms with Crippen LogP contribution in [-0.2, 0) is 4.79 Å². The zero-order valence-electron chi connectivity index (χ0n) is 11.8. The highest BCUT2D eigenvalue weighted by Gasteiger charge is 2.36. The van der Waals surface area contributed by atoms with Crippen molar-refractivity contribution in [2.75, 3.05) is 31.1 Å². The van der Waals surface area contributed by atoms with E-state index in [0.29, 0.717) is 26.2 Å². The Morgan fingerprint density at radius 1 is 1.23 bits per heavy atom. The van der Waals surface area contributed by atoms with Crippen LogP contribution in [0, 0.1) is 17.0 Å². The molecule has 1 fully saturated rings. The van der Waals surface area contributed by atoms with Crippen LogP contribution in [0.5, 0.6) is 0 Å². The zero-order chi connectivity index (χ0) is 16.5. The fourth-order valence-corrected chi connectivity index (χ4v) is 2.80. The molecule has 22 heavy (non-hydrogen) atoms. The first-order valence-electron chi connectivity index (χ1n) is 6.56.